The average molecular weight is 441 g/mol. The first kappa shape index (κ1) is 20.9. The van der Waals surface area contributed by atoms with Crippen molar-refractivity contribution in [3.05, 3.63) is 33.8 Å². The van der Waals surface area contributed by atoms with Gasteiger partial charge < -0.3 is 14.4 Å². The van der Waals surface area contributed by atoms with Crippen molar-refractivity contribution in [3.8, 4) is 0 Å². The van der Waals surface area contributed by atoms with Gasteiger partial charge in [0.2, 0.25) is 5.91 Å². The molecular formula is C21H26Cl2N2O4. The van der Waals surface area contributed by atoms with Crippen LogP contribution in [0.4, 0.5) is 0 Å². The highest BCUT2D eigenvalue weighted by Gasteiger charge is 2.54. The number of carbonyl (C=O) groups is 2. The molecule has 1 atom stereocenters. The topological polar surface area (TPSA) is 59.1 Å². The minimum atomic E-state index is -0.734. The minimum absolute atomic E-state index is 0.0720. The van der Waals surface area contributed by atoms with Crippen LogP contribution in [0.15, 0.2) is 18.2 Å². The molecule has 29 heavy (non-hydrogen) atoms. The number of amides is 2. The van der Waals surface area contributed by atoms with Crippen LogP contribution in [-0.4, -0.2) is 66.3 Å². The lowest BCUT2D eigenvalue weighted by Crippen LogP contribution is -2.58. The number of carbonyl (C=O) groups excluding carboxylic acids is 2. The highest BCUT2D eigenvalue weighted by atomic mass is 35.5. The molecule has 1 aromatic carbocycles. The van der Waals surface area contributed by atoms with E-state index in [4.69, 9.17) is 32.7 Å². The molecule has 8 heteroatoms. The molecular weight excluding hydrogens is 415 g/mol. The highest BCUT2D eigenvalue weighted by Crippen LogP contribution is 2.43. The van der Waals surface area contributed by atoms with Crippen molar-refractivity contribution in [1.82, 2.24) is 9.80 Å². The third-order valence-corrected chi connectivity index (χ3v) is 7.05. The Bertz CT molecular complexity index is 789. The molecule has 0 aromatic heterocycles. The van der Waals surface area contributed by atoms with Gasteiger partial charge in [-0.2, -0.15) is 0 Å². The van der Waals surface area contributed by atoms with Gasteiger partial charge in [0.1, 0.15) is 11.8 Å². The van der Waals surface area contributed by atoms with E-state index >= 15 is 0 Å². The van der Waals surface area contributed by atoms with E-state index < -0.39 is 11.8 Å². The Hall–Kier alpha value is -1.34. The predicted octanol–water partition coefficient (Wildman–Crippen LogP) is 3.60. The van der Waals surface area contributed by atoms with Gasteiger partial charge in [-0.1, -0.05) is 30.1 Å². The van der Waals surface area contributed by atoms with Crippen molar-refractivity contribution in [2.45, 2.75) is 44.4 Å². The van der Waals surface area contributed by atoms with E-state index in [1.54, 1.807) is 28.0 Å². The van der Waals surface area contributed by atoms with Gasteiger partial charge >= 0.3 is 0 Å². The number of hydrogen-bond donors (Lipinski definition) is 0. The second kappa shape index (κ2) is 8.42. The molecule has 1 saturated carbocycles. The molecule has 2 saturated heterocycles. The van der Waals surface area contributed by atoms with Crippen molar-refractivity contribution >= 4 is 35.0 Å². The Kier molecular flexibility index (Phi) is 6.07. The van der Waals surface area contributed by atoms with Crippen molar-refractivity contribution in [1.29, 1.82) is 0 Å². The van der Waals surface area contributed by atoms with Crippen LogP contribution >= 0.6 is 23.2 Å². The molecule has 0 bridgehead atoms. The van der Waals surface area contributed by atoms with E-state index in [0.29, 0.717) is 47.8 Å². The van der Waals surface area contributed by atoms with E-state index in [2.05, 4.69) is 6.92 Å². The number of nitrogens with zero attached hydrogens (tertiary/aromatic N) is 2. The van der Waals surface area contributed by atoms with Crippen LogP contribution in [0.5, 0.6) is 0 Å². The Labute approximate surface area is 181 Å². The third kappa shape index (κ3) is 4.00. The molecule has 1 spiro atoms. The maximum Gasteiger partial charge on any atom is 0.256 e. The Morgan fingerprint density at radius 1 is 1.10 bits per heavy atom. The second-order valence-corrected chi connectivity index (χ2v) is 9.01. The van der Waals surface area contributed by atoms with Gasteiger partial charge in [0, 0.05) is 18.7 Å². The largest absolute Gasteiger partial charge is 0.378 e. The van der Waals surface area contributed by atoms with Crippen LogP contribution in [0.25, 0.3) is 0 Å². The monoisotopic (exact) mass is 440 g/mol. The normalized spacial score (nSPS) is 30.0. The molecule has 2 heterocycles. The standard InChI is InChI=1S/C21H26Cl2N2O4/c1-14-4-6-21(7-5-14)25(19(26)15-2-3-16(22)17(23)12-15)18(13-29-21)20(27)24-8-10-28-11-9-24/h2-3,12,14,18H,4-11,13H2,1H3. The van der Waals surface area contributed by atoms with Gasteiger partial charge in [-0.15, -0.1) is 0 Å². The molecule has 158 valence electrons. The zero-order chi connectivity index (χ0) is 20.6. The second-order valence-electron chi connectivity index (χ2n) is 8.20. The van der Waals surface area contributed by atoms with Crippen molar-refractivity contribution in [2.24, 2.45) is 5.92 Å². The summed E-state index contributed by atoms with van der Waals surface area (Å²) >= 11 is 12.2. The molecule has 2 aliphatic heterocycles. The number of halogens is 2. The fourth-order valence-electron chi connectivity index (χ4n) is 4.53. The van der Waals surface area contributed by atoms with Gasteiger partial charge in [-0.25, -0.2) is 0 Å². The van der Waals surface area contributed by atoms with Crippen molar-refractivity contribution in [3.63, 3.8) is 0 Å². The highest BCUT2D eigenvalue weighted by molar-refractivity contribution is 6.42. The first-order valence-corrected chi connectivity index (χ1v) is 11.0. The molecule has 3 aliphatic rings. The van der Waals surface area contributed by atoms with Crippen molar-refractivity contribution < 1.29 is 19.1 Å². The molecule has 4 rings (SSSR count). The average Bonchev–Trinajstić information content (AvgIpc) is 3.10. The van der Waals surface area contributed by atoms with Crippen LogP contribution in [0.3, 0.4) is 0 Å². The molecule has 0 N–H and O–H groups in total. The SMILES string of the molecule is CC1CCC2(CC1)OCC(C(=O)N1CCOCC1)N2C(=O)c1ccc(Cl)c(Cl)c1. The van der Waals surface area contributed by atoms with Crippen LogP contribution in [0, 0.1) is 5.92 Å². The Morgan fingerprint density at radius 2 is 1.79 bits per heavy atom. The molecule has 1 aromatic rings. The maximum absolute atomic E-state index is 13.6. The summed E-state index contributed by atoms with van der Waals surface area (Å²) < 4.78 is 11.6. The van der Waals surface area contributed by atoms with Gasteiger partial charge in [0.15, 0.2) is 0 Å². The number of benzene rings is 1. The Balaban J connectivity index is 1.66. The van der Waals surface area contributed by atoms with Crippen LogP contribution < -0.4 is 0 Å². The summed E-state index contributed by atoms with van der Waals surface area (Å²) in [6, 6.07) is 4.20. The summed E-state index contributed by atoms with van der Waals surface area (Å²) in [5.41, 5.74) is -0.315. The summed E-state index contributed by atoms with van der Waals surface area (Å²) in [5, 5.41) is 0.711. The summed E-state index contributed by atoms with van der Waals surface area (Å²) in [5.74, 6) is 0.277. The zero-order valence-electron chi connectivity index (χ0n) is 16.5. The first-order chi connectivity index (χ1) is 13.9. The maximum atomic E-state index is 13.6. The van der Waals surface area contributed by atoms with Crippen LogP contribution in [0.2, 0.25) is 10.0 Å². The molecule has 0 radical (unpaired) electrons. The number of rotatable bonds is 2. The molecule has 1 aliphatic carbocycles. The number of hydrogen-bond acceptors (Lipinski definition) is 4. The molecule has 2 amide bonds. The third-order valence-electron chi connectivity index (χ3n) is 6.31. The first-order valence-electron chi connectivity index (χ1n) is 10.2. The molecule has 3 fully saturated rings. The van der Waals surface area contributed by atoms with Crippen molar-refractivity contribution in [2.75, 3.05) is 32.9 Å². The van der Waals surface area contributed by atoms with Gasteiger partial charge in [0.25, 0.3) is 5.91 Å². The quantitative estimate of drug-likeness (QED) is 0.704. The fraction of sp³-hybridized carbons (Fsp3) is 0.619. The van der Waals surface area contributed by atoms with E-state index in [9.17, 15) is 9.59 Å². The minimum Gasteiger partial charge on any atom is -0.378 e. The van der Waals surface area contributed by atoms with E-state index in [1.807, 2.05) is 0 Å². The molecule has 1 unspecified atom stereocenters. The summed E-state index contributed by atoms with van der Waals surface area (Å²) in [7, 11) is 0. The fourth-order valence-corrected chi connectivity index (χ4v) is 4.83. The predicted molar refractivity (Wildman–Crippen MR) is 110 cm³/mol. The zero-order valence-corrected chi connectivity index (χ0v) is 18.0. The van der Waals surface area contributed by atoms with Gasteiger partial charge in [-0.3, -0.25) is 14.5 Å². The number of ether oxygens (including phenoxy) is 2. The van der Waals surface area contributed by atoms with E-state index in [-0.39, 0.29) is 18.4 Å². The lowest BCUT2D eigenvalue weighted by atomic mass is 9.83. The Morgan fingerprint density at radius 3 is 2.45 bits per heavy atom. The van der Waals surface area contributed by atoms with Crippen LogP contribution in [0.1, 0.15) is 43.0 Å². The molecule has 6 nitrogen and oxygen atoms in total. The summed E-state index contributed by atoms with van der Waals surface area (Å²) in [4.78, 5) is 30.4. The smallest absolute Gasteiger partial charge is 0.256 e. The lowest BCUT2D eigenvalue weighted by molar-refractivity contribution is -0.141. The van der Waals surface area contributed by atoms with E-state index in [1.165, 1.54) is 0 Å². The van der Waals surface area contributed by atoms with Gasteiger partial charge in [-0.05, 0) is 49.8 Å². The van der Waals surface area contributed by atoms with Gasteiger partial charge in [0.05, 0.1) is 29.9 Å². The number of morpholine rings is 1. The van der Waals surface area contributed by atoms with E-state index in [0.717, 1.165) is 25.7 Å². The van der Waals surface area contributed by atoms with Crippen LogP contribution in [-0.2, 0) is 14.3 Å². The summed E-state index contributed by atoms with van der Waals surface area (Å²) in [6.45, 7) is 4.54. The summed E-state index contributed by atoms with van der Waals surface area (Å²) in [6.07, 6.45) is 3.38. The lowest BCUT2D eigenvalue weighted by Gasteiger charge is -2.43.